The van der Waals surface area contributed by atoms with Crippen molar-refractivity contribution in [2.75, 3.05) is 18.1 Å². The van der Waals surface area contributed by atoms with Gasteiger partial charge in [-0.1, -0.05) is 0 Å². The fraction of sp³-hybridized carbons (Fsp3) is 0.350. The zero-order valence-electron chi connectivity index (χ0n) is 15.0. The number of primary amides is 1. The van der Waals surface area contributed by atoms with Crippen molar-refractivity contribution in [2.45, 2.75) is 34.7 Å². The van der Waals surface area contributed by atoms with E-state index in [-0.39, 0.29) is 24.0 Å². The highest BCUT2D eigenvalue weighted by molar-refractivity contribution is 7.99. The highest BCUT2D eigenvalue weighted by Crippen LogP contribution is 2.33. The first-order valence-electron chi connectivity index (χ1n) is 8.89. The van der Waals surface area contributed by atoms with E-state index >= 15 is 0 Å². The third-order valence-electron chi connectivity index (χ3n) is 4.67. The van der Waals surface area contributed by atoms with Gasteiger partial charge in [-0.25, -0.2) is 0 Å². The lowest BCUT2D eigenvalue weighted by Crippen LogP contribution is -2.44. The Kier molecular flexibility index (Phi) is 6.93. The topological polar surface area (TPSA) is 86.8 Å². The van der Waals surface area contributed by atoms with Crippen LogP contribution in [0.2, 0.25) is 0 Å². The van der Waals surface area contributed by atoms with Gasteiger partial charge in [0.05, 0.1) is 6.54 Å². The number of rotatable bonds is 8. The number of hydrogen-bond donors (Lipinski definition) is 3. The normalized spacial score (nSPS) is 20.0. The SMILES string of the molecule is NC(=O)CN1[C@@H](CSc2ccc(O)cc2)CC[C@H]1CSc1ccc(O)cc1. The summed E-state index contributed by atoms with van der Waals surface area (Å²) in [7, 11) is 0. The van der Waals surface area contributed by atoms with Crippen LogP contribution >= 0.6 is 23.5 Å². The van der Waals surface area contributed by atoms with E-state index < -0.39 is 0 Å². The summed E-state index contributed by atoms with van der Waals surface area (Å²) in [5.74, 6) is 2.01. The summed E-state index contributed by atoms with van der Waals surface area (Å²) >= 11 is 3.47. The molecule has 0 unspecified atom stereocenters. The summed E-state index contributed by atoms with van der Waals surface area (Å²) in [6, 6.07) is 15.0. The molecule has 2 atom stereocenters. The van der Waals surface area contributed by atoms with Gasteiger partial charge >= 0.3 is 0 Å². The van der Waals surface area contributed by atoms with E-state index in [1.165, 1.54) is 0 Å². The molecule has 0 spiro atoms. The van der Waals surface area contributed by atoms with E-state index in [0.29, 0.717) is 12.1 Å². The summed E-state index contributed by atoms with van der Waals surface area (Å²) in [5.41, 5.74) is 5.49. The zero-order chi connectivity index (χ0) is 19.2. The highest BCUT2D eigenvalue weighted by atomic mass is 32.2. The lowest BCUT2D eigenvalue weighted by molar-refractivity contribution is -0.119. The molecule has 2 aromatic rings. The third kappa shape index (κ3) is 5.82. The molecule has 2 aromatic carbocycles. The van der Waals surface area contributed by atoms with Gasteiger partial charge < -0.3 is 15.9 Å². The first-order chi connectivity index (χ1) is 13.0. The van der Waals surface area contributed by atoms with Gasteiger partial charge in [0.15, 0.2) is 0 Å². The molecule has 1 amide bonds. The second kappa shape index (κ2) is 9.39. The molecule has 1 aliphatic rings. The predicted molar refractivity (Wildman–Crippen MR) is 110 cm³/mol. The molecule has 0 bridgehead atoms. The van der Waals surface area contributed by atoms with Crippen molar-refractivity contribution in [3.63, 3.8) is 0 Å². The van der Waals surface area contributed by atoms with Crippen molar-refractivity contribution in [3.05, 3.63) is 48.5 Å². The van der Waals surface area contributed by atoms with E-state index in [1.807, 2.05) is 24.3 Å². The summed E-state index contributed by atoms with van der Waals surface area (Å²) < 4.78 is 0. The minimum absolute atomic E-state index is 0.266. The molecule has 0 radical (unpaired) electrons. The van der Waals surface area contributed by atoms with Gasteiger partial charge in [0.1, 0.15) is 11.5 Å². The van der Waals surface area contributed by atoms with E-state index in [4.69, 9.17) is 5.73 Å². The fourth-order valence-electron chi connectivity index (χ4n) is 3.28. The fourth-order valence-corrected chi connectivity index (χ4v) is 5.42. The van der Waals surface area contributed by atoms with Crippen LogP contribution < -0.4 is 5.73 Å². The smallest absolute Gasteiger partial charge is 0.231 e. The first-order valence-corrected chi connectivity index (χ1v) is 10.9. The number of phenols is 2. The van der Waals surface area contributed by atoms with Crippen LogP contribution in [-0.2, 0) is 4.79 Å². The largest absolute Gasteiger partial charge is 0.508 e. The Morgan fingerprint density at radius 3 is 1.67 bits per heavy atom. The molecule has 0 saturated carbocycles. The lowest BCUT2D eigenvalue weighted by atomic mass is 10.2. The standard InChI is InChI=1S/C20H24N2O3S2/c21-20(25)11-22-14(12-26-18-7-3-16(23)4-8-18)1-2-15(22)13-27-19-9-5-17(24)6-10-19/h3-10,14-15,23-24H,1-2,11-13H2,(H2,21,25)/t14-,15+. The molecule has 27 heavy (non-hydrogen) atoms. The van der Waals surface area contributed by atoms with Gasteiger partial charge in [0, 0.05) is 33.4 Å². The van der Waals surface area contributed by atoms with Crippen LogP contribution in [0.25, 0.3) is 0 Å². The van der Waals surface area contributed by atoms with Gasteiger partial charge in [-0.2, -0.15) is 0 Å². The van der Waals surface area contributed by atoms with Crippen LogP contribution in [0.1, 0.15) is 12.8 Å². The number of nitrogens with zero attached hydrogens (tertiary/aromatic N) is 1. The van der Waals surface area contributed by atoms with Crippen molar-refractivity contribution < 1.29 is 15.0 Å². The predicted octanol–water partition coefficient (Wildman–Crippen LogP) is 3.30. The number of likely N-dealkylation sites (tertiary alicyclic amines) is 1. The monoisotopic (exact) mass is 404 g/mol. The second-order valence-corrected chi connectivity index (χ2v) is 8.82. The van der Waals surface area contributed by atoms with Gasteiger partial charge in [0.2, 0.25) is 5.91 Å². The van der Waals surface area contributed by atoms with Gasteiger partial charge in [-0.15, -0.1) is 23.5 Å². The molecule has 1 saturated heterocycles. The number of benzene rings is 2. The molecule has 144 valence electrons. The Hall–Kier alpha value is -1.83. The Morgan fingerprint density at radius 1 is 0.889 bits per heavy atom. The average Bonchev–Trinajstić information content (AvgIpc) is 3.02. The van der Waals surface area contributed by atoms with Crippen LogP contribution in [0, 0.1) is 0 Å². The number of carbonyl (C=O) groups excluding carboxylic acids is 1. The van der Waals surface area contributed by atoms with Gasteiger partial charge in [-0.05, 0) is 61.4 Å². The maximum atomic E-state index is 11.6. The van der Waals surface area contributed by atoms with Crippen molar-refractivity contribution in [3.8, 4) is 11.5 Å². The number of hydrogen-bond acceptors (Lipinski definition) is 6. The molecule has 4 N–H and O–H groups in total. The summed E-state index contributed by atoms with van der Waals surface area (Å²) in [4.78, 5) is 16.0. The van der Waals surface area contributed by atoms with E-state index in [2.05, 4.69) is 4.90 Å². The van der Waals surface area contributed by atoms with Crippen LogP contribution in [0.4, 0.5) is 0 Å². The Morgan fingerprint density at radius 2 is 1.30 bits per heavy atom. The second-order valence-electron chi connectivity index (χ2n) is 6.63. The maximum Gasteiger partial charge on any atom is 0.231 e. The van der Waals surface area contributed by atoms with E-state index in [1.54, 1.807) is 47.8 Å². The van der Waals surface area contributed by atoms with Crippen LogP contribution in [0.5, 0.6) is 11.5 Å². The summed E-state index contributed by atoms with van der Waals surface area (Å²) in [6.07, 6.45) is 2.08. The molecule has 0 aromatic heterocycles. The van der Waals surface area contributed by atoms with Crippen molar-refractivity contribution in [1.29, 1.82) is 0 Å². The van der Waals surface area contributed by atoms with Crippen molar-refractivity contribution in [2.24, 2.45) is 5.73 Å². The first kappa shape index (κ1) is 19.9. The van der Waals surface area contributed by atoms with Gasteiger partial charge in [-0.3, -0.25) is 9.69 Å². The Bertz CT molecular complexity index is 695. The number of thioether (sulfide) groups is 2. The zero-order valence-corrected chi connectivity index (χ0v) is 16.6. The molecular formula is C20H24N2O3S2. The number of phenolic OH excluding ortho intramolecular Hbond substituents is 2. The van der Waals surface area contributed by atoms with Gasteiger partial charge in [0.25, 0.3) is 0 Å². The number of carbonyl (C=O) groups is 1. The van der Waals surface area contributed by atoms with Crippen molar-refractivity contribution in [1.82, 2.24) is 4.90 Å². The molecule has 1 fully saturated rings. The average molecular weight is 405 g/mol. The highest BCUT2D eigenvalue weighted by Gasteiger charge is 2.34. The van der Waals surface area contributed by atoms with Crippen LogP contribution in [0.15, 0.2) is 58.3 Å². The lowest BCUT2D eigenvalue weighted by Gasteiger charge is -2.28. The van der Waals surface area contributed by atoms with E-state index in [9.17, 15) is 15.0 Å². The Balaban J connectivity index is 1.58. The number of amides is 1. The van der Waals surface area contributed by atoms with Crippen LogP contribution in [-0.4, -0.2) is 51.2 Å². The number of nitrogens with two attached hydrogens (primary N) is 1. The molecule has 3 rings (SSSR count). The molecular weight excluding hydrogens is 380 g/mol. The molecule has 1 aliphatic heterocycles. The molecule has 0 aliphatic carbocycles. The van der Waals surface area contributed by atoms with Crippen LogP contribution in [0.3, 0.4) is 0 Å². The van der Waals surface area contributed by atoms with Crippen molar-refractivity contribution >= 4 is 29.4 Å². The molecule has 1 heterocycles. The minimum Gasteiger partial charge on any atom is -0.508 e. The Labute approximate surface area is 167 Å². The summed E-state index contributed by atoms with van der Waals surface area (Å²) in [5, 5.41) is 18.8. The third-order valence-corrected chi connectivity index (χ3v) is 6.98. The molecule has 5 nitrogen and oxygen atoms in total. The maximum absolute atomic E-state index is 11.6. The number of aromatic hydroxyl groups is 2. The van der Waals surface area contributed by atoms with E-state index in [0.717, 1.165) is 34.1 Å². The molecule has 7 heteroatoms. The quantitative estimate of drug-likeness (QED) is 0.585. The summed E-state index contributed by atoms with van der Waals surface area (Å²) in [6.45, 7) is 0.279. The minimum atomic E-state index is -0.295.